The molecule has 0 spiro atoms. The fourth-order valence-electron chi connectivity index (χ4n) is 1.87. The average Bonchev–Trinajstić information content (AvgIpc) is 2.27. The zero-order valence-electron chi connectivity index (χ0n) is 9.07. The largest absolute Gasteiger partial charge is 0.215 e. The van der Waals surface area contributed by atoms with Gasteiger partial charge in [0, 0.05) is 0 Å². The molecule has 1 atom stereocenters. The van der Waals surface area contributed by atoms with E-state index in [4.69, 9.17) is 5.26 Å². The van der Waals surface area contributed by atoms with E-state index in [1.807, 2.05) is 6.07 Å². The van der Waals surface area contributed by atoms with Crippen molar-refractivity contribution in [1.82, 2.24) is 4.72 Å². The van der Waals surface area contributed by atoms with Gasteiger partial charge in [-0.25, -0.2) is 8.42 Å². The first-order valence-corrected chi connectivity index (χ1v) is 7.05. The van der Waals surface area contributed by atoms with Crippen molar-refractivity contribution in [2.45, 2.75) is 56.7 Å². The minimum absolute atomic E-state index is 0.284. The summed E-state index contributed by atoms with van der Waals surface area (Å²) in [5, 5.41) is 8.43. The molecule has 1 unspecified atom stereocenters. The zero-order valence-corrected chi connectivity index (χ0v) is 9.89. The monoisotopic (exact) mass is 230 g/mol. The summed E-state index contributed by atoms with van der Waals surface area (Å²) in [7, 11) is -3.28. The lowest BCUT2D eigenvalue weighted by Crippen LogP contribution is -2.40. The minimum atomic E-state index is -3.28. The molecule has 1 N–H and O–H groups in total. The second-order valence-corrected chi connectivity index (χ2v) is 6.01. The Morgan fingerprint density at radius 2 is 2.00 bits per heavy atom. The Morgan fingerprint density at radius 3 is 2.47 bits per heavy atom. The summed E-state index contributed by atoms with van der Waals surface area (Å²) < 4.78 is 26.2. The molecule has 1 aliphatic carbocycles. The highest BCUT2D eigenvalue weighted by Gasteiger charge is 2.28. The van der Waals surface area contributed by atoms with Gasteiger partial charge in [0.25, 0.3) is 0 Å². The van der Waals surface area contributed by atoms with Crippen LogP contribution in [0.15, 0.2) is 0 Å². The van der Waals surface area contributed by atoms with Gasteiger partial charge in [-0.05, 0) is 19.3 Å². The van der Waals surface area contributed by atoms with Crippen LogP contribution >= 0.6 is 0 Å². The van der Waals surface area contributed by atoms with Gasteiger partial charge in [0.1, 0.15) is 6.04 Å². The molecule has 0 saturated heterocycles. The van der Waals surface area contributed by atoms with Gasteiger partial charge in [0.2, 0.25) is 10.0 Å². The highest BCUT2D eigenvalue weighted by atomic mass is 32.2. The third kappa shape index (κ3) is 3.47. The lowest BCUT2D eigenvalue weighted by atomic mass is 10.0. The Balaban J connectivity index is 2.61. The summed E-state index contributed by atoms with van der Waals surface area (Å²) in [5.41, 5.74) is 0. The van der Waals surface area contributed by atoms with Crippen molar-refractivity contribution in [1.29, 1.82) is 5.26 Å². The van der Waals surface area contributed by atoms with Crippen molar-refractivity contribution >= 4 is 10.0 Å². The van der Waals surface area contributed by atoms with Crippen molar-refractivity contribution in [2.75, 3.05) is 0 Å². The summed E-state index contributed by atoms with van der Waals surface area (Å²) in [6.07, 6.45) is 5.07. The highest BCUT2D eigenvalue weighted by molar-refractivity contribution is 7.90. The second kappa shape index (κ2) is 5.47. The van der Waals surface area contributed by atoms with E-state index in [1.54, 1.807) is 6.92 Å². The molecule has 0 aromatic rings. The Hall–Kier alpha value is -0.600. The van der Waals surface area contributed by atoms with E-state index in [2.05, 4.69) is 4.72 Å². The van der Waals surface area contributed by atoms with Crippen molar-refractivity contribution in [3.8, 4) is 6.07 Å². The first kappa shape index (κ1) is 12.5. The third-order valence-electron chi connectivity index (χ3n) is 2.86. The predicted molar refractivity (Wildman–Crippen MR) is 58.6 cm³/mol. The van der Waals surface area contributed by atoms with E-state index in [1.165, 1.54) is 0 Å². The van der Waals surface area contributed by atoms with Crippen LogP contribution in [0.1, 0.15) is 45.4 Å². The highest BCUT2D eigenvalue weighted by Crippen LogP contribution is 2.23. The fourth-order valence-corrected chi connectivity index (χ4v) is 3.63. The predicted octanol–water partition coefficient (Wildman–Crippen LogP) is 1.54. The topological polar surface area (TPSA) is 70.0 Å². The molecule has 5 heteroatoms. The summed E-state index contributed by atoms with van der Waals surface area (Å²) in [6.45, 7) is 1.80. The van der Waals surface area contributed by atoms with Gasteiger partial charge in [0.15, 0.2) is 0 Å². The van der Waals surface area contributed by atoms with Crippen LogP contribution in [0.2, 0.25) is 0 Å². The number of sulfonamides is 1. The SMILES string of the molecule is CCC(C#N)NS(=O)(=O)C1CCCCC1. The molecule has 86 valence electrons. The standard InChI is InChI=1S/C10H18N2O2S/c1-2-9(8-11)12-15(13,14)10-6-4-3-5-7-10/h9-10,12H,2-7H2,1H3. The molecule has 1 aliphatic rings. The van der Waals surface area contributed by atoms with E-state index >= 15 is 0 Å². The molecule has 4 nitrogen and oxygen atoms in total. The number of rotatable bonds is 4. The van der Waals surface area contributed by atoms with Crippen LogP contribution in [0.4, 0.5) is 0 Å². The quantitative estimate of drug-likeness (QED) is 0.796. The molecule has 0 aromatic carbocycles. The van der Waals surface area contributed by atoms with E-state index in [0.29, 0.717) is 6.42 Å². The van der Waals surface area contributed by atoms with Crippen molar-refractivity contribution in [3.63, 3.8) is 0 Å². The second-order valence-electron chi connectivity index (χ2n) is 4.01. The molecule has 0 amide bonds. The van der Waals surface area contributed by atoms with Crippen LogP contribution in [0.25, 0.3) is 0 Å². The Labute approximate surface area is 91.7 Å². The van der Waals surface area contributed by atoms with Crippen LogP contribution < -0.4 is 4.72 Å². The zero-order chi connectivity index (χ0) is 11.3. The Bertz CT molecular complexity index is 326. The number of hydrogen-bond donors (Lipinski definition) is 1. The van der Waals surface area contributed by atoms with Crippen LogP contribution in [-0.4, -0.2) is 19.7 Å². The number of nitrogens with zero attached hydrogens (tertiary/aromatic N) is 1. The van der Waals surface area contributed by atoms with Gasteiger partial charge < -0.3 is 0 Å². The first-order chi connectivity index (χ1) is 7.10. The number of hydrogen-bond acceptors (Lipinski definition) is 3. The maximum atomic E-state index is 11.9. The number of nitriles is 1. The lowest BCUT2D eigenvalue weighted by Gasteiger charge is -2.23. The Kier molecular flexibility index (Phi) is 4.55. The summed E-state index contributed by atoms with van der Waals surface area (Å²) >= 11 is 0. The molecule has 0 bridgehead atoms. The van der Waals surface area contributed by atoms with Crippen LogP contribution in [-0.2, 0) is 10.0 Å². The van der Waals surface area contributed by atoms with Crippen LogP contribution in [0, 0.1) is 11.3 Å². The van der Waals surface area contributed by atoms with Crippen molar-refractivity contribution in [2.24, 2.45) is 0 Å². The van der Waals surface area contributed by atoms with Crippen LogP contribution in [0.3, 0.4) is 0 Å². The molecule has 15 heavy (non-hydrogen) atoms. The molecule has 0 heterocycles. The molecule has 0 aromatic heterocycles. The van der Waals surface area contributed by atoms with Gasteiger partial charge in [-0.3, -0.25) is 0 Å². The maximum Gasteiger partial charge on any atom is 0.215 e. The third-order valence-corrected chi connectivity index (χ3v) is 4.82. The Morgan fingerprint density at radius 1 is 1.40 bits per heavy atom. The van der Waals surface area contributed by atoms with Crippen LogP contribution in [0.5, 0.6) is 0 Å². The molecule has 1 rings (SSSR count). The molecule has 0 radical (unpaired) electrons. The van der Waals surface area contributed by atoms with E-state index in [0.717, 1.165) is 32.1 Å². The fraction of sp³-hybridized carbons (Fsp3) is 0.900. The molecule has 0 aliphatic heterocycles. The van der Waals surface area contributed by atoms with Gasteiger partial charge in [-0.1, -0.05) is 26.2 Å². The smallest absolute Gasteiger partial charge is 0.212 e. The average molecular weight is 230 g/mol. The summed E-state index contributed by atoms with van der Waals surface area (Å²) in [4.78, 5) is 0. The van der Waals surface area contributed by atoms with E-state index in [-0.39, 0.29) is 5.25 Å². The number of nitrogens with one attached hydrogen (secondary N) is 1. The summed E-state index contributed by atoms with van der Waals surface area (Å²) in [6, 6.07) is 1.38. The van der Waals surface area contributed by atoms with Crippen molar-refractivity contribution in [3.05, 3.63) is 0 Å². The summed E-state index contributed by atoms with van der Waals surface area (Å²) in [5.74, 6) is 0. The molecular formula is C10H18N2O2S. The molecular weight excluding hydrogens is 212 g/mol. The van der Waals surface area contributed by atoms with E-state index in [9.17, 15) is 8.42 Å². The molecule has 1 saturated carbocycles. The van der Waals surface area contributed by atoms with Gasteiger partial charge in [-0.15, -0.1) is 0 Å². The van der Waals surface area contributed by atoms with E-state index < -0.39 is 16.1 Å². The van der Waals surface area contributed by atoms with Gasteiger partial charge in [0.05, 0.1) is 11.3 Å². The van der Waals surface area contributed by atoms with Gasteiger partial charge >= 0.3 is 0 Å². The lowest BCUT2D eigenvalue weighted by molar-refractivity contribution is 0.474. The minimum Gasteiger partial charge on any atom is -0.212 e. The van der Waals surface area contributed by atoms with Gasteiger partial charge in [-0.2, -0.15) is 9.98 Å². The normalized spacial score (nSPS) is 20.8. The first-order valence-electron chi connectivity index (χ1n) is 5.51. The maximum absolute atomic E-state index is 11.9. The molecule has 1 fully saturated rings. The van der Waals surface area contributed by atoms with Crippen molar-refractivity contribution < 1.29 is 8.42 Å².